The average molecular weight is 503 g/mol. The second-order valence-electron chi connectivity index (χ2n) is 8.02. The number of halogens is 1. The Bertz CT molecular complexity index is 1430. The fourth-order valence-corrected chi connectivity index (χ4v) is 3.92. The van der Waals surface area contributed by atoms with Crippen LogP contribution in [0.5, 0.6) is 0 Å². The first kappa shape index (κ1) is 24.7. The van der Waals surface area contributed by atoms with Crippen molar-refractivity contribution >= 4 is 52.0 Å². The van der Waals surface area contributed by atoms with Crippen LogP contribution in [0.4, 0.5) is 5.69 Å². The quantitative estimate of drug-likeness (QED) is 0.140. The number of hydrogen-bond acceptors (Lipinski definition) is 4. The highest BCUT2D eigenvalue weighted by atomic mass is 35.5. The van der Waals surface area contributed by atoms with Gasteiger partial charge < -0.3 is 15.6 Å². The smallest absolute Gasteiger partial charge is 0.274 e. The summed E-state index contributed by atoms with van der Waals surface area (Å²) in [4.78, 5) is 40.5. The highest BCUT2D eigenvalue weighted by molar-refractivity contribution is 6.30. The van der Waals surface area contributed by atoms with Crippen molar-refractivity contribution in [1.29, 1.82) is 0 Å². The second-order valence-corrected chi connectivity index (χ2v) is 8.46. The first-order valence-electron chi connectivity index (χ1n) is 11.1. The number of aromatic amines is 1. The Balaban J connectivity index is 1.51. The summed E-state index contributed by atoms with van der Waals surface area (Å²) in [6.45, 7) is 0. The summed E-state index contributed by atoms with van der Waals surface area (Å²) in [7, 11) is 0. The summed E-state index contributed by atoms with van der Waals surface area (Å²) in [5.74, 6) is -1.48. The van der Waals surface area contributed by atoms with E-state index in [-0.39, 0.29) is 17.9 Å². The van der Waals surface area contributed by atoms with Crippen molar-refractivity contribution in [3.8, 4) is 0 Å². The van der Waals surface area contributed by atoms with Crippen LogP contribution in [0.25, 0.3) is 17.0 Å². The maximum absolute atomic E-state index is 13.2. The summed E-state index contributed by atoms with van der Waals surface area (Å²) in [5, 5.41) is 15.8. The Hall–Kier alpha value is -4.40. The molecule has 1 aromatic heterocycles. The van der Waals surface area contributed by atoms with Gasteiger partial charge in [-0.25, -0.2) is 5.48 Å². The van der Waals surface area contributed by atoms with Crippen LogP contribution in [-0.4, -0.2) is 34.0 Å². The van der Waals surface area contributed by atoms with Crippen molar-refractivity contribution in [3.05, 3.63) is 107 Å². The first-order valence-corrected chi connectivity index (χ1v) is 11.5. The first-order chi connectivity index (χ1) is 17.4. The molecule has 0 spiro atoms. The van der Waals surface area contributed by atoms with Gasteiger partial charge in [0.15, 0.2) is 0 Å². The van der Waals surface area contributed by atoms with Crippen molar-refractivity contribution < 1.29 is 19.6 Å². The van der Waals surface area contributed by atoms with Gasteiger partial charge in [0.1, 0.15) is 6.04 Å². The van der Waals surface area contributed by atoms with E-state index in [0.717, 1.165) is 16.5 Å². The Morgan fingerprint density at radius 3 is 2.53 bits per heavy atom. The van der Waals surface area contributed by atoms with Crippen LogP contribution >= 0.6 is 11.6 Å². The molecule has 4 aromatic rings. The third-order valence-electron chi connectivity index (χ3n) is 5.53. The predicted octanol–water partition coefficient (Wildman–Crippen LogP) is 4.32. The molecule has 0 saturated carbocycles. The Morgan fingerprint density at radius 1 is 1.00 bits per heavy atom. The molecular formula is C27H23ClN4O4. The summed E-state index contributed by atoms with van der Waals surface area (Å²) in [6, 6.07) is 19.9. The number of carbonyl (C=O) groups is 3. The Kier molecular flexibility index (Phi) is 7.79. The van der Waals surface area contributed by atoms with E-state index in [1.165, 1.54) is 18.2 Å². The van der Waals surface area contributed by atoms with E-state index < -0.39 is 17.9 Å². The molecule has 5 N–H and O–H groups in total. The highest BCUT2D eigenvalue weighted by Gasteiger charge is 2.22. The van der Waals surface area contributed by atoms with Gasteiger partial charge in [0.25, 0.3) is 5.91 Å². The number of hydrogen-bond donors (Lipinski definition) is 5. The maximum atomic E-state index is 13.2. The number of aromatic nitrogens is 1. The third-order valence-corrected chi connectivity index (χ3v) is 5.76. The van der Waals surface area contributed by atoms with Crippen LogP contribution in [0.3, 0.4) is 0 Å². The van der Waals surface area contributed by atoms with Crippen molar-refractivity contribution in [2.45, 2.75) is 12.5 Å². The maximum Gasteiger partial charge on any atom is 0.274 e. The number of nitrogens with one attached hydrogen (secondary N) is 4. The largest absolute Gasteiger partial charge is 0.361 e. The zero-order valence-corrected chi connectivity index (χ0v) is 19.8. The molecule has 0 unspecified atom stereocenters. The average Bonchev–Trinajstić information content (AvgIpc) is 3.29. The van der Waals surface area contributed by atoms with Gasteiger partial charge in [0.2, 0.25) is 11.8 Å². The van der Waals surface area contributed by atoms with Crippen LogP contribution in [0.15, 0.2) is 85.1 Å². The van der Waals surface area contributed by atoms with Gasteiger partial charge in [0, 0.05) is 45.9 Å². The minimum absolute atomic E-state index is 0.265. The van der Waals surface area contributed by atoms with Crippen LogP contribution in [0.1, 0.15) is 21.5 Å². The summed E-state index contributed by atoms with van der Waals surface area (Å²) >= 11 is 6.04. The number of amides is 3. The Labute approximate surface area is 211 Å². The molecule has 1 heterocycles. The van der Waals surface area contributed by atoms with Crippen LogP contribution in [-0.2, 0) is 16.0 Å². The third kappa shape index (κ3) is 6.18. The van der Waals surface area contributed by atoms with Crippen LogP contribution in [0.2, 0.25) is 5.02 Å². The molecule has 0 saturated heterocycles. The fourth-order valence-electron chi connectivity index (χ4n) is 3.73. The van der Waals surface area contributed by atoms with E-state index in [2.05, 4.69) is 15.6 Å². The normalized spacial score (nSPS) is 11.8. The summed E-state index contributed by atoms with van der Waals surface area (Å²) < 4.78 is 0. The SMILES string of the molecule is O=C(/C=C/c1ccc(C(=O)NO)cc1)N[C@@H](Cc1c[nH]c2ccccc12)C(=O)Nc1cccc(Cl)c1. The topological polar surface area (TPSA) is 123 Å². The van der Waals surface area contributed by atoms with E-state index in [9.17, 15) is 14.4 Å². The molecule has 3 aromatic carbocycles. The van der Waals surface area contributed by atoms with Gasteiger partial charge in [-0.05, 0) is 53.6 Å². The number of para-hydroxylation sites is 1. The molecular weight excluding hydrogens is 480 g/mol. The van der Waals surface area contributed by atoms with Gasteiger partial charge in [0.05, 0.1) is 0 Å². The van der Waals surface area contributed by atoms with E-state index in [0.29, 0.717) is 16.3 Å². The minimum Gasteiger partial charge on any atom is -0.361 e. The van der Waals surface area contributed by atoms with E-state index in [1.807, 2.05) is 30.5 Å². The number of hydroxylamine groups is 1. The molecule has 1 atom stereocenters. The van der Waals surface area contributed by atoms with Crippen molar-refractivity contribution in [2.75, 3.05) is 5.32 Å². The lowest BCUT2D eigenvalue weighted by Gasteiger charge is -2.18. The lowest BCUT2D eigenvalue weighted by Crippen LogP contribution is -2.44. The second kappa shape index (κ2) is 11.4. The number of anilines is 1. The van der Waals surface area contributed by atoms with Gasteiger partial charge >= 0.3 is 0 Å². The molecule has 8 nitrogen and oxygen atoms in total. The molecule has 0 fully saturated rings. The van der Waals surface area contributed by atoms with Gasteiger partial charge in [-0.2, -0.15) is 0 Å². The van der Waals surface area contributed by atoms with Crippen LogP contribution < -0.4 is 16.1 Å². The molecule has 36 heavy (non-hydrogen) atoms. The predicted molar refractivity (Wildman–Crippen MR) is 139 cm³/mol. The Morgan fingerprint density at radius 2 is 1.78 bits per heavy atom. The monoisotopic (exact) mass is 502 g/mol. The van der Waals surface area contributed by atoms with Gasteiger partial charge in [-0.15, -0.1) is 0 Å². The molecule has 4 rings (SSSR count). The van der Waals surface area contributed by atoms with E-state index in [4.69, 9.17) is 16.8 Å². The number of carbonyl (C=O) groups excluding carboxylic acids is 3. The van der Waals surface area contributed by atoms with Crippen LogP contribution in [0, 0.1) is 0 Å². The molecule has 0 aliphatic heterocycles. The van der Waals surface area contributed by atoms with Crippen molar-refractivity contribution in [1.82, 2.24) is 15.8 Å². The van der Waals surface area contributed by atoms with E-state index >= 15 is 0 Å². The number of rotatable bonds is 8. The standard InChI is InChI=1S/C27H23ClN4O4/c28-20-4-3-5-21(15-20)30-27(35)24(14-19-16-29-23-7-2-1-6-22(19)23)31-25(33)13-10-17-8-11-18(12-9-17)26(34)32-36/h1-13,15-16,24,29,36H,14H2,(H,30,35)(H,31,33)(H,32,34)/b13-10+/t24-/m0/s1. The van der Waals surface area contributed by atoms with E-state index in [1.54, 1.807) is 48.0 Å². The highest BCUT2D eigenvalue weighted by Crippen LogP contribution is 2.20. The summed E-state index contributed by atoms with van der Waals surface area (Å²) in [6.07, 6.45) is 4.97. The number of benzene rings is 3. The zero-order valence-electron chi connectivity index (χ0n) is 19.0. The van der Waals surface area contributed by atoms with Crippen molar-refractivity contribution in [2.24, 2.45) is 0 Å². The van der Waals surface area contributed by atoms with Crippen molar-refractivity contribution in [3.63, 3.8) is 0 Å². The molecule has 182 valence electrons. The molecule has 0 radical (unpaired) electrons. The zero-order chi connectivity index (χ0) is 25.5. The van der Waals surface area contributed by atoms with Gasteiger partial charge in [-0.1, -0.05) is 48.0 Å². The molecule has 0 bridgehead atoms. The lowest BCUT2D eigenvalue weighted by atomic mass is 10.0. The minimum atomic E-state index is -0.865. The molecule has 9 heteroatoms. The molecule has 0 aliphatic carbocycles. The lowest BCUT2D eigenvalue weighted by molar-refractivity contribution is -0.123. The molecule has 0 aliphatic rings. The number of fused-ring (bicyclic) bond motifs is 1. The molecule has 3 amide bonds. The fraction of sp³-hybridized carbons (Fsp3) is 0.0741. The number of H-pyrrole nitrogens is 1. The summed E-state index contributed by atoms with van der Waals surface area (Å²) in [5.41, 5.74) is 4.85. The van der Waals surface area contributed by atoms with Gasteiger partial charge in [-0.3, -0.25) is 19.6 Å².